The number of imidazole rings is 1. The second kappa shape index (κ2) is 10.5. The summed E-state index contributed by atoms with van der Waals surface area (Å²) in [6.45, 7) is 1.39. The van der Waals surface area contributed by atoms with Crippen LogP contribution in [0.15, 0.2) is 47.7 Å². The third-order valence-corrected chi connectivity index (χ3v) is 5.08. The minimum atomic E-state index is -4.86. The van der Waals surface area contributed by atoms with E-state index in [4.69, 9.17) is 0 Å². The molecule has 1 aromatic carbocycles. The molecule has 0 aliphatic carbocycles. The number of nitrogens with one attached hydrogen (secondary N) is 1. The van der Waals surface area contributed by atoms with Crippen LogP contribution < -0.4 is 5.32 Å². The quantitative estimate of drug-likeness (QED) is 0.342. The van der Waals surface area contributed by atoms with Crippen LogP contribution in [0.2, 0.25) is 0 Å². The van der Waals surface area contributed by atoms with E-state index in [1.807, 2.05) is 35.2 Å². The van der Waals surface area contributed by atoms with Gasteiger partial charge in [-0.25, -0.2) is 4.98 Å². The Hall–Kier alpha value is -1.82. The molecule has 2 heterocycles. The van der Waals surface area contributed by atoms with Gasteiger partial charge in [0.2, 0.25) is 5.60 Å². The minimum Gasteiger partial charge on any atom is -0.374 e. The number of guanidine groups is 1. The molecule has 6 nitrogen and oxygen atoms in total. The summed E-state index contributed by atoms with van der Waals surface area (Å²) < 4.78 is 42.3. The van der Waals surface area contributed by atoms with Crippen LogP contribution in [0.5, 0.6) is 0 Å². The van der Waals surface area contributed by atoms with Crippen molar-refractivity contribution in [3.8, 4) is 0 Å². The zero-order chi connectivity index (χ0) is 20.9. The summed E-state index contributed by atoms with van der Waals surface area (Å²) in [6.07, 6.45) is 0.290. The number of aliphatic hydroxyl groups is 1. The molecule has 1 unspecified atom stereocenters. The summed E-state index contributed by atoms with van der Waals surface area (Å²) in [7, 11) is 1.43. The van der Waals surface area contributed by atoms with Crippen molar-refractivity contribution in [1.29, 1.82) is 0 Å². The zero-order valence-electron chi connectivity index (χ0n) is 16.8. The number of hydrogen-bond donors (Lipinski definition) is 2. The molecule has 1 saturated heterocycles. The third-order valence-electron chi connectivity index (χ3n) is 5.08. The van der Waals surface area contributed by atoms with Crippen LogP contribution in [0.25, 0.3) is 0 Å². The van der Waals surface area contributed by atoms with Crippen molar-refractivity contribution in [1.82, 2.24) is 14.5 Å². The number of alkyl halides is 3. The fourth-order valence-electron chi connectivity index (χ4n) is 3.44. The Morgan fingerprint density at radius 1 is 1.17 bits per heavy atom. The highest BCUT2D eigenvalue weighted by Crippen LogP contribution is 2.40. The molecule has 10 heteroatoms. The number of piperidine rings is 1. The summed E-state index contributed by atoms with van der Waals surface area (Å²) in [5.74, 6) is 0.0935. The Morgan fingerprint density at radius 2 is 1.83 bits per heavy atom. The van der Waals surface area contributed by atoms with Gasteiger partial charge in [-0.3, -0.25) is 4.99 Å². The number of anilines is 1. The van der Waals surface area contributed by atoms with Crippen LogP contribution >= 0.6 is 24.0 Å². The molecule has 2 aromatic rings. The van der Waals surface area contributed by atoms with Crippen molar-refractivity contribution in [3.63, 3.8) is 0 Å². The largest absolute Gasteiger partial charge is 0.424 e. The first kappa shape index (κ1) is 24.4. The first-order valence-electron chi connectivity index (χ1n) is 9.69. The standard InChI is InChI=1S/C20H26F3N5O.HI/c1-27-15-12-24-17(27)19(29,20(21,22)23)10-11-25-18(28-13-6-3-7-14-28)26-16-8-4-2-5-9-16;/h2,4-5,8-9,12,15,29H,3,6-7,10-11,13-14H2,1H3,(H,25,26);1H. The Labute approximate surface area is 191 Å². The van der Waals surface area contributed by atoms with Crippen LogP contribution in [-0.2, 0) is 12.6 Å². The lowest BCUT2D eigenvalue weighted by Crippen LogP contribution is -2.45. The van der Waals surface area contributed by atoms with Crippen LogP contribution in [-0.4, -0.2) is 51.3 Å². The lowest BCUT2D eigenvalue weighted by atomic mass is 9.98. The van der Waals surface area contributed by atoms with Crippen molar-refractivity contribution in [2.45, 2.75) is 37.5 Å². The monoisotopic (exact) mass is 537 g/mol. The number of aryl methyl sites for hydroxylation is 1. The van der Waals surface area contributed by atoms with Crippen molar-refractivity contribution in [3.05, 3.63) is 48.5 Å². The fourth-order valence-corrected chi connectivity index (χ4v) is 3.44. The highest BCUT2D eigenvalue weighted by Gasteiger charge is 2.57. The smallest absolute Gasteiger partial charge is 0.374 e. The molecule has 0 radical (unpaired) electrons. The van der Waals surface area contributed by atoms with E-state index >= 15 is 0 Å². The SMILES string of the molecule is Cn1ccnc1C(O)(CCN=C(Nc1ccccc1)N1CCCCC1)C(F)(F)F.I. The number of nitrogens with zero attached hydrogens (tertiary/aromatic N) is 4. The molecule has 30 heavy (non-hydrogen) atoms. The second-order valence-corrected chi connectivity index (χ2v) is 7.21. The van der Waals surface area contributed by atoms with Crippen LogP contribution in [0, 0.1) is 0 Å². The molecular formula is C20H27F3IN5O. The van der Waals surface area contributed by atoms with Crippen molar-refractivity contribution in [2.75, 3.05) is 25.0 Å². The second-order valence-electron chi connectivity index (χ2n) is 7.21. The molecule has 166 valence electrons. The molecule has 1 aliphatic heterocycles. The first-order chi connectivity index (χ1) is 13.8. The van der Waals surface area contributed by atoms with Crippen LogP contribution in [0.4, 0.5) is 18.9 Å². The van der Waals surface area contributed by atoms with Gasteiger partial charge in [-0.05, 0) is 31.4 Å². The molecule has 3 rings (SSSR count). The van der Waals surface area contributed by atoms with Crippen molar-refractivity contribution >= 4 is 35.6 Å². The summed E-state index contributed by atoms with van der Waals surface area (Å²) in [5, 5.41) is 13.7. The summed E-state index contributed by atoms with van der Waals surface area (Å²) in [4.78, 5) is 10.2. The van der Waals surface area contributed by atoms with Crippen molar-refractivity contribution in [2.24, 2.45) is 12.0 Å². The van der Waals surface area contributed by atoms with E-state index in [0.29, 0.717) is 5.96 Å². The van der Waals surface area contributed by atoms with Crippen LogP contribution in [0.1, 0.15) is 31.5 Å². The van der Waals surface area contributed by atoms with Gasteiger partial charge in [-0.15, -0.1) is 24.0 Å². The van der Waals surface area contributed by atoms with Crippen LogP contribution in [0.3, 0.4) is 0 Å². The average Bonchev–Trinajstić information content (AvgIpc) is 3.14. The highest BCUT2D eigenvalue weighted by atomic mass is 127. The molecule has 1 aliphatic rings. The molecule has 0 amide bonds. The zero-order valence-corrected chi connectivity index (χ0v) is 19.1. The molecule has 2 N–H and O–H groups in total. The number of hydrogen-bond acceptors (Lipinski definition) is 3. The fraction of sp³-hybridized carbons (Fsp3) is 0.500. The van der Waals surface area contributed by atoms with E-state index in [1.54, 1.807) is 0 Å². The predicted octanol–water partition coefficient (Wildman–Crippen LogP) is 4.13. The van der Waals surface area contributed by atoms with Gasteiger partial charge in [0.1, 0.15) is 5.82 Å². The van der Waals surface area contributed by atoms with E-state index in [-0.39, 0.29) is 30.5 Å². The number of likely N-dealkylation sites (tertiary alicyclic amines) is 1. The first-order valence-corrected chi connectivity index (χ1v) is 9.69. The number of halogens is 4. The molecule has 0 bridgehead atoms. The maximum Gasteiger partial charge on any atom is 0.424 e. The van der Waals surface area contributed by atoms with E-state index in [2.05, 4.69) is 15.3 Å². The van der Waals surface area contributed by atoms with Gasteiger partial charge in [0, 0.05) is 51.2 Å². The van der Waals surface area contributed by atoms with Gasteiger partial charge in [0.25, 0.3) is 0 Å². The number of benzene rings is 1. The third kappa shape index (κ3) is 5.65. The Balaban J connectivity index is 0.00000320. The Bertz CT molecular complexity index is 821. The molecule has 1 atom stereocenters. The molecule has 1 fully saturated rings. The summed E-state index contributed by atoms with van der Waals surface area (Å²) in [6, 6.07) is 9.39. The molecule has 0 saturated carbocycles. The Morgan fingerprint density at radius 3 is 2.40 bits per heavy atom. The number of aliphatic imine (C=N–C) groups is 1. The van der Waals surface area contributed by atoms with Gasteiger partial charge >= 0.3 is 6.18 Å². The lowest BCUT2D eigenvalue weighted by Gasteiger charge is -2.31. The van der Waals surface area contributed by atoms with Gasteiger partial charge in [-0.1, -0.05) is 18.2 Å². The van der Waals surface area contributed by atoms with E-state index in [1.165, 1.54) is 24.0 Å². The maximum atomic E-state index is 13.7. The van der Waals surface area contributed by atoms with E-state index in [0.717, 1.165) is 38.0 Å². The van der Waals surface area contributed by atoms with Gasteiger partial charge < -0.3 is 19.9 Å². The Kier molecular flexibility index (Phi) is 8.53. The number of para-hydroxylation sites is 1. The number of rotatable bonds is 5. The average molecular weight is 537 g/mol. The number of aromatic nitrogens is 2. The van der Waals surface area contributed by atoms with Gasteiger partial charge in [0.15, 0.2) is 5.96 Å². The molecular weight excluding hydrogens is 510 g/mol. The normalized spacial score (nSPS) is 17.2. The predicted molar refractivity (Wildman–Crippen MR) is 121 cm³/mol. The van der Waals surface area contributed by atoms with Crippen molar-refractivity contribution < 1.29 is 18.3 Å². The van der Waals surface area contributed by atoms with E-state index in [9.17, 15) is 18.3 Å². The van der Waals surface area contributed by atoms with Gasteiger partial charge in [-0.2, -0.15) is 13.2 Å². The van der Waals surface area contributed by atoms with E-state index < -0.39 is 24.0 Å². The molecule has 1 aromatic heterocycles. The summed E-state index contributed by atoms with van der Waals surface area (Å²) >= 11 is 0. The lowest BCUT2D eigenvalue weighted by molar-refractivity contribution is -0.272. The minimum absolute atomic E-state index is 0. The van der Waals surface area contributed by atoms with Gasteiger partial charge in [0.05, 0.1) is 0 Å². The molecule has 0 spiro atoms. The summed E-state index contributed by atoms with van der Waals surface area (Å²) in [5.41, 5.74) is -2.25. The topological polar surface area (TPSA) is 65.7 Å². The highest BCUT2D eigenvalue weighted by molar-refractivity contribution is 14.0. The maximum absolute atomic E-state index is 13.7.